The van der Waals surface area contributed by atoms with Gasteiger partial charge in [0.05, 0.1) is 16.1 Å². The minimum Gasteiger partial charge on any atom is -0.383 e. The van der Waals surface area contributed by atoms with Gasteiger partial charge in [0.25, 0.3) is 0 Å². The van der Waals surface area contributed by atoms with Gasteiger partial charge >= 0.3 is 0 Å². The minimum absolute atomic E-state index is 0.503. The molecule has 0 unspecified atom stereocenters. The van der Waals surface area contributed by atoms with Crippen molar-refractivity contribution in [3.63, 3.8) is 0 Å². The number of halogens is 2. The van der Waals surface area contributed by atoms with Crippen molar-refractivity contribution in [3.8, 4) is 5.69 Å². The second kappa shape index (κ2) is 5.00. The molecule has 0 radical (unpaired) electrons. The molecule has 2 heterocycles. The van der Waals surface area contributed by atoms with Gasteiger partial charge < -0.3 is 5.73 Å². The Labute approximate surface area is 136 Å². The number of hydrogen-bond acceptors (Lipinski definition) is 3. The SMILES string of the molecule is Cc1nc(N)c2c(C)c(C)n(-c3cc(Br)ccc3Cl)c2n1. The van der Waals surface area contributed by atoms with Crippen molar-refractivity contribution in [2.45, 2.75) is 20.8 Å². The molecule has 3 rings (SSSR count). The number of nitrogen functional groups attached to an aromatic ring is 1. The number of rotatable bonds is 1. The third-order valence-electron chi connectivity index (χ3n) is 3.64. The summed E-state index contributed by atoms with van der Waals surface area (Å²) in [5, 5.41) is 1.54. The Kier molecular flexibility index (Phi) is 3.42. The largest absolute Gasteiger partial charge is 0.383 e. The van der Waals surface area contributed by atoms with Gasteiger partial charge in [-0.1, -0.05) is 27.5 Å². The van der Waals surface area contributed by atoms with Crippen LogP contribution in [0, 0.1) is 20.8 Å². The molecule has 0 amide bonds. The van der Waals surface area contributed by atoms with Crippen LogP contribution in [0.5, 0.6) is 0 Å². The highest BCUT2D eigenvalue weighted by atomic mass is 79.9. The molecule has 2 aromatic heterocycles. The van der Waals surface area contributed by atoms with E-state index in [-0.39, 0.29) is 0 Å². The summed E-state index contributed by atoms with van der Waals surface area (Å²) < 4.78 is 2.99. The molecule has 0 bridgehead atoms. The molecule has 4 nitrogen and oxygen atoms in total. The van der Waals surface area contributed by atoms with E-state index >= 15 is 0 Å². The van der Waals surface area contributed by atoms with Crippen molar-refractivity contribution in [2.75, 3.05) is 5.73 Å². The molecule has 0 atom stereocenters. The Bertz CT molecular complexity index is 870. The van der Waals surface area contributed by atoms with Gasteiger partial charge in [0.15, 0.2) is 5.65 Å². The van der Waals surface area contributed by atoms with Gasteiger partial charge in [0.1, 0.15) is 11.6 Å². The lowest BCUT2D eigenvalue weighted by Gasteiger charge is -2.11. The minimum atomic E-state index is 0.503. The van der Waals surface area contributed by atoms with Crippen molar-refractivity contribution in [3.05, 3.63) is 44.8 Å². The van der Waals surface area contributed by atoms with Crippen LogP contribution in [-0.2, 0) is 0 Å². The summed E-state index contributed by atoms with van der Waals surface area (Å²) in [5.41, 5.74) is 9.86. The van der Waals surface area contributed by atoms with Gasteiger partial charge in [-0.25, -0.2) is 9.97 Å². The molecule has 1 aromatic carbocycles. The summed E-state index contributed by atoms with van der Waals surface area (Å²) in [6.07, 6.45) is 0. The van der Waals surface area contributed by atoms with E-state index in [4.69, 9.17) is 17.3 Å². The Morgan fingerprint density at radius 3 is 2.62 bits per heavy atom. The van der Waals surface area contributed by atoms with Crippen molar-refractivity contribution in [1.82, 2.24) is 14.5 Å². The number of fused-ring (bicyclic) bond motifs is 1. The predicted molar refractivity (Wildman–Crippen MR) is 90.2 cm³/mol. The highest BCUT2D eigenvalue weighted by Crippen LogP contribution is 2.34. The van der Waals surface area contributed by atoms with Gasteiger partial charge in [-0.15, -0.1) is 0 Å². The first kappa shape index (κ1) is 14.4. The molecule has 0 saturated carbocycles. The molecule has 108 valence electrons. The molecule has 6 heteroatoms. The second-order valence-corrected chi connectivity index (χ2v) is 6.32. The molecule has 0 spiro atoms. The lowest BCUT2D eigenvalue weighted by Crippen LogP contribution is -2.02. The van der Waals surface area contributed by atoms with Crippen LogP contribution in [0.2, 0.25) is 5.02 Å². The molecular formula is C15H14BrClN4. The summed E-state index contributed by atoms with van der Waals surface area (Å²) in [6, 6.07) is 5.75. The molecule has 0 fully saturated rings. The number of aryl methyl sites for hydroxylation is 2. The smallest absolute Gasteiger partial charge is 0.150 e. The summed E-state index contributed by atoms with van der Waals surface area (Å²) in [7, 11) is 0. The molecule has 0 aliphatic carbocycles. The Balaban J connectivity index is 2.48. The summed E-state index contributed by atoms with van der Waals surface area (Å²) >= 11 is 9.86. The maximum absolute atomic E-state index is 6.38. The standard InChI is InChI=1S/C15H14BrClN4/c1-7-8(2)21(12-6-10(16)4-5-11(12)17)15-13(7)14(18)19-9(3)20-15/h4-6H,1-3H3,(H2,18,19,20). The summed E-state index contributed by atoms with van der Waals surface area (Å²) in [5.74, 6) is 1.15. The van der Waals surface area contributed by atoms with Crippen LogP contribution in [0.4, 0.5) is 5.82 Å². The van der Waals surface area contributed by atoms with E-state index in [1.165, 1.54) is 0 Å². The molecule has 0 saturated heterocycles. The molecule has 3 aromatic rings. The fourth-order valence-electron chi connectivity index (χ4n) is 2.56. The van der Waals surface area contributed by atoms with Crippen LogP contribution in [0.3, 0.4) is 0 Å². The van der Waals surface area contributed by atoms with Crippen molar-refractivity contribution in [2.24, 2.45) is 0 Å². The fraction of sp³-hybridized carbons (Fsp3) is 0.200. The van der Waals surface area contributed by atoms with Crippen molar-refractivity contribution in [1.29, 1.82) is 0 Å². The molecule has 2 N–H and O–H groups in total. The van der Waals surface area contributed by atoms with E-state index in [1.807, 2.05) is 43.5 Å². The zero-order valence-corrected chi connectivity index (χ0v) is 14.2. The van der Waals surface area contributed by atoms with Crippen LogP contribution >= 0.6 is 27.5 Å². The second-order valence-electron chi connectivity index (χ2n) is 5.00. The fourth-order valence-corrected chi connectivity index (χ4v) is 3.11. The molecule has 0 aliphatic heterocycles. The summed E-state index contributed by atoms with van der Waals surface area (Å²) in [6.45, 7) is 5.89. The number of aromatic nitrogens is 3. The lowest BCUT2D eigenvalue weighted by atomic mass is 10.2. The van der Waals surface area contributed by atoms with Gasteiger partial charge in [-0.2, -0.15) is 0 Å². The zero-order valence-electron chi connectivity index (χ0n) is 11.9. The normalized spacial score (nSPS) is 11.3. The first-order valence-corrected chi connectivity index (χ1v) is 7.64. The number of nitrogens with two attached hydrogens (primary N) is 1. The van der Waals surface area contributed by atoms with E-state index in [2.05, 4.69) is 25.9 Å². The molecule has 0 aliphatic rings. The van der Waals surface area contributed by atoms with Crippen LogP contribution in [0.15, 0.2) is 22.7 Å². The highest BCUT2D eigenvalue weighted by Gasteiger charge is 2.18. The van der Waals surface area contributed by atoms with Crippen molar-refractivity contribution < 1.29 is 0 Å². The number of benzene rings is 1. The topological polar surface area (TPSA) is 56.7 Å². The molecular weight excluding hydrogens is 352 g/mol. The van der Waals surface area contributed by atoms with E-state index < -0.39 is 0 Å². The van der Waals surface area contributed by atoms with Crippen LogP contribution in [0.1, 0.15) is 17.1 Å². The monoisotopic (exact) mass is 364 g/mol. The number of nitrogens with zero attached hydrogens (tertiary/aromatic N) is 3. The number of hydrogen-bond donors (Lipinski definition) is 1. The van der Waals surface area contributed by atoms with Crippen LogP contribution in [0.25, 0.3) is 16.7 Å². The van der Waals surface area contributed by atoms with E-state index in [1.54, 1.807) is 0 Å². The van der Waals surface area contributed by atoms with E-state index in [0.717, 1.165) is 32.5 Å². The third kappa shape index (κ3) is 2.21. The van der Waals surface area contributed by atoms with Gasteiger partial charge in [-0.05, 0) is 44.5 Å². The quantitative estimate of drug-likeness (QED) is 0.697. The Morgan fingerprint density at radius 2 is 1.90 bits per heavy atom. The van der Waals surface area contributed by atoms with Crippen LogP contribution in [-0.4, -0.2) is 14.5 Å². The lowest BCUT2D eigenvalue weighted by molar-refractivity contribution is 0.995. The van der Waals surface area contributed by atoms with Crippen LogP contribution < -0.4 is 5.73 Å². The zero-order chi connectivity index (χ0) is 15.3. The van der Waals surface area contributed by atoms with E-state index in [9.17, 15) is 0 Å². The molecule has 21 heavy (non-hydrogen) atoms. The Morgan fingerprint density at radius 1 is 1.19 bits per heavy atom. The maximum atomic E-state index is 6.38. The van der Waals surface area contributed by atoms with Crippen molar-refractivity contribution >= 4 is 44.4 Å². The average molecular weight is 366 g/mol. The first-order chi connectivity index (χ1) is 9.90. The maximum Gasteiger partial charge on any atom is 0.150 e. The van der Waals surface area contributed by atoms with Gasteiger partial charge in [0, 0.05) is 10.2 Å². The van der Waals surface area contributed by atoms with Gasteiger partial charge in [-0.3, -0.25) is 4.57 Å². The summed E-state index contributed by atoms with van der Waals surface area (Å²) in [4.78, 5) is 8.82. The average Bonchev–Trinajstić information content (AvgIpc) is 2.65. The number of anilines is 1. The third-order valence-corrected chi connectivity index (χ3v) is 4.46. The Hall–Kier alpha value is -1.59. The highest BCUT2D eigenvalue weighted by molar-refractivity contribution is 9.10. The first-order valence-electron chi connectivity index (χ1n) is 6.47. The van der Waals surface area contributed by atoms with Gasteiger partial charge in [0.2, 0.25) is 0 Å². The van der Waals surface area contributed by atoms with E-state index in [0.29, 0.717) is 16.7 Å². The predicted octanol–water partition coefficient (Wildman–Crippen LogP) is 4.34.